The number of amides is 2. The van der Waals surface area contributed by atoms with E-state index < -0.39 is 6.36 Å². The van der Waals surface area contributed by atoms with Crippen LogP contribution in [0.1, 0.15) is 22.8 Å². The number of ether oxygens (including phenoxy) is 1. The van der Waals surface area contributed by atoms with Crippen molar-refractivity contribution in [3.05, 3.63) is 59.7 Å². The minimum absolute atomic E-state index is 0.204. The highest BCUT2D eigenvalue weighted by Crippen LogP contribution is 2.23. The van der Waals surface area contributed by atoms with E-state index in [1.807, 2.05) is 0 Å². The second kappa shape index (κ2) is 7.90. The molecule has 0 saturated carbocycles. The molecule has 0 radical (unpaired) electrons. The molecule has 0 saturated heterocycles. The van der Waals surface area contributed by atoms with E-state index in [9.17, 15) is 22.8 Å². The number of nitrogens with zero attached hydrogens (tertiary/aromatic N) is 1. The number of benzene rings is 2. The summed E-state index contributed by atoms with van der Waals surface area (Å²) >= 11 is 0. The lowest BCUT2D eigenvalue weighted by Gasteiger charge is -2.18. The minimum atomic E-state index is -4.74. The molecule has 0 aliphatic heterocycles. The smallest absolute Gasteiger partial charge is 0.406 e. The molecule has 5 nitrogen and oxygen atoms in total. The summed E-state index contributed by atoms with van der Waals surface area (Å²) in [4.78, 5) is 25.0. The van der Waals surface area contributed by atoms with E-state index in [2.05, 4.69) is 10.1 Å². The van der Waals surface area contributed by atoms with E-state index in [1.165, 1.54) is 36.1 Å². The molecule has 8 heteroatoms. The fraction of sp³-hybridized carbons (Fsp3) is 0.222. The zero-order valence-corrected chi connectivity index (χ0v) is 14.1. The number of nitrogens with one attached hydrogen (secondary N) is 1. The lowest BCUT2D eigenvalue weighted by molar-refractivity contribution is -0.274. The van der Waals surface area contributed by atoms with Crippen molar-refractivity contribution in [2.24, 2.45) is 0 Å². The van der Waals surface area contributed by atoms with Crippen LogP contribution in [0.2, 0.25) is 0 Å². The normalized spacial score (nSPS) is 11.0. The molecule has 26 heavy (non-hydrogen) atoms. The third-order valence-electron chi connectivity index (χ3n) is 3.35. The molecule has 0 bridgehead atoms. The fourth-order valence-electron chi connectivity index (χ4n) is 2.30. The SMILES string of the molecule is CC(=O)Nc1cccc(C(=O)N(C)Cc2ccc(OC(F)(F)F)cc2)c1. The lowest BCUT2D eigenvalue weighted by atomic mass is 10.1. The van der Waals surface area contributed by atoms with Crippen LogP contribution in [-0.4, -0.2) is 30.1 Å². The Balaban J connectivity index is 2.04. The highest BCUT2D eigenvalue weighted by atomic mass is 19.4. The van der Waals surface area contributed by atoms with Crippen LogP contribution < -0.4 is 10.1 Å². The fourth-order valence-corrected chi connectivity index (χ4v) is 2.30. The summed E-state index contributed by atoms with van der Waals surface area (Å²) < 4.78 is 40.3. The zero-order valence-electron chi connectivity index (χ0n) is 14.1. The van der Waals surface area contributed by atoms with Crippen molar-refractivity contribution in [3.8, 4) is 5.75 Å². The molecular weight excluding hydrogens is 349 g/mol. The molecular formula is C18H17F3N2O3. The topological polar surface area (TPSA) is 58.6 Å². The Morgan fingerprint density at radius 3 is 2.35 bits per heavy atom. The Hall–Kier alpha value is -3.03. The average Bonchev–Trinajstić information content (AvgIpc) is 2.54. The molecule has 2 rings (SSSR count). The van der Waals surface area contributed by atoms with E-state index in [0.29, 0.717) is 16.8 Å². The van der Waals surface area contributed by atoms with Gasteiger partial charge in [-0.3, -0.25) is 9.59 Å². The van der Waals surface area contributed by atoms with Gasteiger partial charge in [0.25, 0.3) is 5.91 Å². The molecule has 2 amide bonds. The van der Waals surface area contributed by atoms with Crippen LogP contribution in [0.3, 0.4) is 0 Å². The van der Waals surface area contributed by atoms with Crippen molar-refractivity contribution in [3.63, 3.8) is 0 Å². The van der Waals surface area contributed by atoms with Gasteiger partial charge >= 0.3 is 6.36 Å². The van der Waals surface area contributed by atoms with Gasteiger partial charge in [-0.2, -0.15) is 0 Å². The standard InChI is InChI=1S/C18H17F3N2O3/c1-12(24)22-15-5-3-4-14(10-15)17(25)23(2)11-13-6-8-16(9-7-13)26-18(19,20)21/h3-10H,11H2,1-2H3,(H,22,24). The molecule has 2 aromatic rings. The molecule has 0 aliphatic carbocycles. The maximum Gasteiger partial charge on any atom is 0.573 e. The van der Waals surface area contributed by atoms with E-state index in [-0.39, 0.29) is 24.1 Å². The molecule has 1 N–H and O–H groups in total. The molecule has 0 aromatic heterocycles. The molecule has 0 heterocycles. The number of hydrogen-bond acceptors (Lipinski definition) is 3. The van der Waals surface area contributed by atoms with Gasteiger partial charge in [-0.1, -0.05) is 18.2 Å². The Kier molecular flexibility index (Phi) is 5.86. The van der Waals surface area contributed by atoms with Crippen molar-refractivity contribution < 1.29 is 27.5 Å². The van der Waals surface area contributed by atoms with E-state index in [1.54, 1.807) is 31.3 Å². The Morgan fingerprint density at radius 2 is 1.77 bits per heavy atom. The first-order valence-corrected chi connectivity index (χ1v) is 7.62. The number of hydrogen-bond donors (Lipinski definition) is 1. The highest BCUT2D eigenvalue weighted by Gasteiger charge is 2.30. The average molecular weight is 366 g/mol. The minimum Gasteiger partial charge on any atom is -0.406 e. The van der Waals surface area contributed by atoms with Crippen LogP contribution in [0.4, 0.5) is 18.9 Å². The molecule has 138 valence electrons. The van der Waals surface area contributed by atoms with Gasteiger partial charge in [0.05, 0.1) is 0 Å². The molecule has 0 atom stereocenters. The summed E-state index contributed by atoms with van der Waals surface area (Å²) in [6.45, 7) is 1.57. The molecule has 2 aromatic carbocycles. The molecule has 0 fully saturated rings. The van der Waals surface area contributed by atoms with Crippen LogP contribution in [0.15, 0.2) is 48.5 Å². The molecule has 0 unspecified atom stereocenters. The largest absolute Gasteiger partial charge is 0.573 e. The van der Waals surface area contributed by atoms with E-state index >= 15 is 0 Å². The van der Waals surface area contributed by atoms with Crippen molar-refractivity contribution in [1.82, 2.24) is 4.90 Å². The number of carbonyl (C=O) groups excluding carboxylic acids is 2. The van der Waals surface area contributed by atoms with Crippen LogP contribution in [-0.2, 0) is 11.3 Å². The number of halogens is 3. The number of alkyl halides is 3. The Bertz CT molecular complexity index is 789. The van der Waals surface area contributed by atoms with Crippen LogP contribution >= 0.6 is 0 Å². The lowest BCUT2D eigenvalue weighted by Crippen LogP contribution is -2.26. The predicted molar refractivity (Wildman–Crippen MR) is 89.7 cm³/mol. The van der Waals surface area contributed by atoms with Crippen molar-refractivity contribution in [2.75, 3.05) is 12.4 Å². The van der Waals surface area contributed by atoms with Crippen LogP contribution in [0.25, 0.3) is 0 Å². The van der Waals surface area contributed by atoms with Gasteiger partial charge < -0.3 is 15.0 Å². The summed E-state index contributed by atoms with van der Waals surface area (Å²) in [5, 5.41) is 2.60. The first kappa shape index (κ1) is 19.3. The second-order valence-corrected chi connectivity index (χ2v) is 5.61. The summed E-state index contributed by atoms with van der Waals surface area (Å²) in [5.41, 5.74) is 1.54. The highest BCUT2D eigenvalue weighted by molar-refractivity contribution is 5.96. The van der Waals surface area contributed by atoms with Gasteiger partial charge in [0, 0.05) is 31.8 Å². The maximum atomic E-state index is 12.5. The van der Waals surface area contributed by atoms with Gasteiger partial charge in [0.2, 0.25) is 5.91 Å². The van der Waals surface area contributed by atoms with Crippen molar-refractivity contribution >= 4 is 17.5 Å². The second-order valence-electron chi connectivity index (χ2n) is 5.61. The quantitative estimate of drug-likeness (QED) is 0.875. The van der Waals surface area contributed by atoms with Crippen molar-refractivity contribution in [1.29, 1.82) is 0 Å². The monoisotopic (exact) mass is 366 g/mol. The van der Waals surface area contributed by atoms with E-state index in [0.717, 1.165) is 0 Å². The van der Waals surface area contributed by atoms with Gasteiger partial charge in [-0.05, 0) is 35.9 Å². The van der Waals surface area contributed by atoms with Gasteiger partial charge in [-0.25, -0.2) is 0 Å². The van der Waals surface area contributed by atoms with Crippen molar-refractivity contribution in [2.45, 2.75) is 19.8 Å². The third-order valence-corrected chi connectivity index (χ3v) is 3.35. The predicted octanol–water partition coefficient (Wildman–Crippen LogP) is 3.82. The maximum absolute atomic E-state index is 12.5. The first-order chi connectivity index (χ1) is 12.1. The Morgan fingerprint density at radius 1 is 1.12 bits per heavy atom. The number of carbonyl (C=O) groups is 2. The summed E-state index contributed by atoms with van der Waals surface area (Å²) in [7, 11) is 1.58. The molecule has 0 aliphatic rings. The first-order valence-electron chi connectivity index (χ1n) is 7.62. The Labute approximate surface area is 148 Å². The van der Waals surface area contributed by atoms with Crippen LogP contribution in [0.5, 0.6) is 5.75 Å². The molecule has 0 spiro atoms. The summed E-state index contributed by atoms with van der Waals surface area (Å²) in [6, 6.07) is 11.8. The number of rotatable bonds is 5. The van der Waals surface area contributed by atoms with Gasteiger partial charge in [-0.15, -0.1) is 13.2 Å². The summed E-state index contributed by atoms with van der Waals surface area (Å²) in [5.74, 6) is -0.852. The summed E-state index contributed by atoms with van der Waals surface area (Å²) in [6.07, 6.45) is -4.74. The number of anilines is 1. The third kappa shape index (κ3) is 5.80. The van der Waals surface area contributed by atoms with Gasteiger partial charge in [0.15, 0.2) is 0 Å². The van der Waals surface area contributed by atoms with Crippen LogP contribution in [0, 0.1) is 0 Å². The zero-order chi connectivity index (χ0) is 19.3. The van der Waals surface area contributed by atoms with Gasteiger partial charge in [0.1, 0.15) is 5.75 Å². The van der Waals surface area contributed by atoms with E-state index in [4.69, 9.17) is 0 Å².